The van der Waals surface area contributed by atoms with Crippen molar-refractivity contribution >= 4 is 22.3 Å². The molecule has 0 unspecified atom stereocenters. The lowest BCUT2D eigenvalue weighted by atomic mass is 10.1. The molecule has 5 heteroatoms. The van der Waals surface area contributed by atoms with Crippen LogP contribution < -0.4 is 5.32 Å². The molecule has 3 rings (SSSR count). The molecular formula is C15H9FN4. The van der Waals surface area contributed by atoms with Gasteiger partial charge in [0, 0.05) is 11.1 Å². The first-order valence-corrected chi connectivity index (χ1v) is 5.96. The lowest BCUT2D eigenvalue weighted by molar-refractivity contribution is 0.628. The van der Waals surface area contributed by atoms with E-state index in [4.69, 9.17) is 5.26 Å². The summed E-state index contributed by atoms with van der Waals surface area (Å²) >= 11 is 0. The minimum atomic E-state index is -0.347. The van der Waals surface area contributed by atoms with Crippen molar-refractivity contribution in [2.24, 2.45) is 0 Å². The maximum atomic E-state index is 13.2. The zero-order valence-electron chi connectivity index (χ0n) is 10.3. The summed E-state index contributed by atoms with van der Waals surface area (Å²) in [6.45, 7) is 0. The second-order valence-corrected chi connectivity index (χ2v) is 4.19. The molecule has 0 saturated heterocycles. The van der Waals surface area contributed by atoms with Crippen molar-refractivity contribution in [1.82, 2.24) is 10.2 Å². The third-order valence-corrected chi connectivity index (χ3v) is 2.87. The van der Waals surface area contributed by atoms with Gasteiger partial charge in [0.1, 0.15) is 11.9 Å². The lowest BCUT2D eigenvalue weighted by Gasteiger charge is -2.10. The third-order valence-electron chi connectivity index (χ3n) is 2.87. The Hall–Kier alpha value is -3.00. The Morgan fingerprint density at radius 3 is 2.70 bits per heavy atom. The van der Waals surface area contributed by atoms with E-state index in [0.717, 1.165) is 5.39 Å². The first kappa shape index (κ1) is 12.1. The van der Waals surface area contributed by atoms with Gasteiger partial charge in [-0.3, -0.25) is 0 Å². The van der Waals surface area contributed by atoms with Crippen molar-refractivity contribution in [1.29, 1.82) is 5.26 Å². The highest BCUT2D eigenvalue weighted by molar-refractivity contribution is 5.94. The van der Waals surface area contributed by atoms with E-state index in [9.17, 15) is 4.39 Å². The highest BCUT2D eigenvalue weighted by Crippen LogP contribution is 2.27. The van der Waals surface area contributed by atoms with Gasteiger partial charge >= 0.3 is 0 Å². The average Bonchev–Trinajstić information content (AvgIpc) is 2.48. The van der Waals surface area contributed by atoms with E-state index >= 15 is 0 Å². The standard InChI is InChI=1S/C15H9FN4/c16-10-4-3-5-11(8-10)18-15-12-6-1-2-7-13(12)19-20-14(15)9-17/h1-8H,(H,18,19). The van der Waals surface area contributed by atoms with Crippen LogP contribution in [0.3, 0.4) is 0 Å². The van der Waals surface area contributed by atoms with Crippen LogP contribution in [0, 0.1) is 17.1 Å². The molecule has 0 saturated carbocycles. The smallest absolute Gasteiger partial charge is 0.187 e. The van der Waals surface area contributed by atoms with Crippen LogP contribution in [0.1, 0.15) is 5.69 Å². The minimum Gasteiger partial charge on any atom is -0.352 e. The second kappa shape index (κ2) is 4.94. The Morgan fingerprint density at radius 2 is 1.90 bits per heavy atom. The molecule has 0 fully saturated rings. The van der Waals surface area contributed by atoms with Crippen LogP contribution in [0.4, 0.5) is 15.8 Å². The summed E-state index contributed by atoms with van der Waals surface area (Å²) in [5.41, 5.74) is 1.93. The molecule has 0 atom stereocenters. The van der Waals surface area contributed by atoms with E-state index in [1.807, 2.05) is 24.3 Å². The van der Waals surface area contributed by atoms with Gasteiger partial charge in [-0.05, 0) is 24.3 Å². The number of aromatic nitrogens is 2. The molecule has 0 aliphatic heterocycles. The highest BCUT2D eigenvalue weighted by Gasteiger charge is 2.10. The molecular weight excluding hydrogens is 255 g/mol. The number of hydrogen-bond donors (Lipinski definition) is 1. The number of halogens is 1. The predicted molar refractivity (Wildman–Crippen MR) is 73.9 cm³/mol. The molecule has 0 amide bonds. The Labute approximate surface area is 114 Å². The zero-order chi connectivity index (χ0) is 13.9. The summed E-state index contributed by atoms with van der Waals surface area (Å²) in [7, 11) is 0. The monoisotopic (exact) mass is 264 g/mol. The normalized spacial score (nSPS) is 10.2. The largest absolute Gasteiger partial charge is 0.352 e. The molecule has 1 N–H and O–H groups in total. The molecule has 1 aromatic heterocycles. The molecule has 4 nitrogen and oxygen atoms in total. The van der Waals surface area contributed by atoms with Gasteiger partial charge in [-0.1, -0.05) is 24.3 Å². The minimum absolute atomic E-state index is 0.174. The maximum absolute atomic E-state index is 13.2. The fourth-order valence-corrected chi connectivity index (χ4v) is 1.97. The first-order valence-electron chi connectivity index (χ1n) is 5.96. The van der Waals surface area contributed by atoms with Crippen LogP contribution in [-0.4, -0.2) is 10.2 Å². The first-order chi connectivity index (χ1) is 9.78. The fraction of sp³-hybridized carbons (Fsp3) is 0. The molecule has 3 aromatic rings. The number of fused-ring (bicyclic) bond motifs is 1. The Kier molecular flexibility index (Phi) is 2.98. The van der Waals surface area contributed by atoms with Crippen LogP contribution in [0.5, 0.6) is 0 Å². The molecule has 1 heterocycles. The quantitative estimate of drug-likeness (QED) is 0.770. The highest BCUT2D eigenvalue weighted by atomic mass is 19.1. The van der Waals surface area contributed by atoms with Gasteiger partial charge in [0.25, 0.3) is 0 Å². The molecule has 0 aliphatic rings. The fourth-order valence-electron chi connectivity index (χ4n) is 1.97. The van der Waals surface area contributed by atoms with E-state index in [1.54, 1.807) is 18.2 Å². The van der Waals surface area contributed by atoms with Gasteiger partial charge < -0.3 is 5.32 Å². The van der Waals surface area contributed by atoms with Crippen molar-refractivity contribution in [2.45, 2.75) is 0 Å². The summed E-state index contributed by atoms with van der Waals surface area (Å²) in [5.74, 6) is -0.347. The second-order valence-electron chi connectivity index (χ2n) is 4.19. The van der Waals surface area contributed by atoms with E-state index in [0.29, 0.717) is 16.9 Å². The number of nitriles is 1. The summed E-state index contributed by atoms with van der Waals surface area (Å²) in [6, 6.07) is 15.4. The predicted octanol–water partition coefficient (Wildman–Crippen LogP) is 3.38. The summed E-state index contributed by atoms with van der Waals surface area (Å²) in [5, 5.41) is 20.8. The van der Waals surface area contributed by atoms with Crippen molar-refractivity contribution in [3.8, 4) is 6.07 Å². The van der Waals surface area contributed by atoms with Crippen LogP contribution in [0.2, 0.25) is 0 Å². The zero-order valence-corrected chi connectivity index (χ0v) is 10.3. The van der Waals surface area contributed by atoms with E-state index < -0.39 is 0 Å². The number of nitrogens with zero attached hydrogens (tertiary/aromatic N) is 3. The molecule has 0 bridgehead atoms. The van der Waals surface area contributed by atoms with Crippen molar-refractivity contribution in [2.75, 3.05) is 5.32 Å². The molecule has 0 radical (unpaired) electrons. The van der Waals surface area contributed by atoms with Gasteiger partial charge in [0.15, 0.2) is 5.69 Å². The van der Waals surface area contributed by atoms with Crippen LogP contribution in [0.15, 0.2) is 48.5 Å². The Balaban J connectivity index is 2.17. The average molecular weight is 264 g/mol. The summed E-state index contributed by atoms with van der Waals surface area (Å²) in [6.07, 6.45) is 0. The Bertz CT molecular complexity index is 823. The molecule has 20 heavy (non-hydrogen) atoms. The van der Waals surface area contributed by atoms with Gasteiger partial charge in [-0.25, -0.2) is 4.39 Å². The van der Waals surface area contributed by atoms with E-state index in [1.165, 1.54) is 12.1 Å². The summed E-state index contributed by atoms with van der Waals surface area (Å²) in [4.78, 5) is 0. The molecule has 0 aliphatic carbocycles. The van der Waals surface area contributed by atoms with Gasteiger partial charge in [0.2, 0.25) is 0 Å². The van der Waals surface area contributed by atoms with E-state index in [-0.39, 0.29) is 11.5 Å². The SMILES string of the molecule is N#Cc1nnc2ccccc2c1Nc1cccc(F)c1. The van der Waals surface area contributed by atoms with Gasteiger partial charge in [-0.15, -0.1) is 10.2 Å². The lowest BCUT2D eigenvalue weighted by Crippen LogP contribution is -1.99. The number of rotatable bonds is 2. The van der Waals surface area contributed by atoms with Crippen molar-refractivity contribution in [3.05, 3.63) is 60.0 Å². The van der Waals surface area contributed by atoms with Crippen molar-refractivity contribution < 1.29 is 4.39 Å². The molecule has 2 aromatic carbocycles. The van der Waals surface area contributed by atoms with Gasteiger partial charge in [0.05, 0.1) is 11.2 Å². The topological polar surface area (TPSA) is 61.6 Å². The van der Waals surface area contributed by atoms with Crippen molar-refractivity contribution in [3.63, 3.8) is 0 Å². The summed E-state index contributed by atoms with van der Waals surface area (Å²) < 4.78 is 13.2. The maximum Gasteiger partial charge on any atom is 0.187 e. The number of anilines is 2. The van der Waals surface area contributed by atoms with Crippen LogP contribution in [-0.2, 0) is 0 Å². The molecule has 96 valence electrons. The Morgan fingerprint density at radius 1 is 1.05 bits per heavy atom. The van der Waals surface area contributed by atoms with Gasteiger partial charge in [-0.2, -0.15) is 5.26 Å². The van der Waals surface area contributed by atoms with E-state index in [2.05, 4.69) is 15.5 Å². The number of benzene rings is 2. The number of hydrogen-bond acceptors (Lipinski definition) is 4. The van der Waals surface area contributed by atoms with Crippen LogP contribution in [0.25, 0.3) is 10.9 Å². The third kappa shape index (κ3) is 2.15. The molecule has 0 spiro atoms. The van der Waals surface area contributed by atoms with Crippen LogP contribution >= 0.6 is 0 Å². The number of nitrogens with one attached hydrogen (secondary N) is 1.